The van der Waals surface area contributed by atoms with Gasteiger partial charge in [-0.1, -0.05) is 61.9 Å². The van der Waals surface area contributed by atoms with Gasteiger partial charge >= 0.3 is 5.97 Å². The Morgan fingerprint density at radius 1 is 1.03 bits per heavy atom. The molecule has 0 aromatic heterocycles. The van der Waals surface area contributed by atoms with Crippen LogP contribution >= 0.6 is 0 Å². The number of allylic oxidation sites excluding steroid dienone is 2. The number of rotatable bonds is 7. The fraction of sp³-hybridized carbons (Fsp3) is 0.346. The Hall–Kier alpha value is -3.01. The molecule has 0 unspecified atom stereocenters. The van der Waals surface area contributed by atoms with E-state index in [1.165, 1.54) is 11.1 Å². The summed E-state index contributed by atoms with van der Waals surface area (Å²) in [6.45, 7) is 6.58. The highest BCUT2D eigenvalue weighted by Gasteiger charge is 2.27. The molecular formula is C26H30N2O2. The van der Waals surface area contributed by atoms with Crippen molar-refractivity contribution >= 4 is 23.1 Å². The highest BCUT2D eigenvalue weighted by atomic mass is 16.5. The average molecular weight is 403 g/mol. The molecule has 0 amide bonds. The molecule has 0 spiro atoms. The Morgan fingerprint density at radius 2 is 1.70 bits per heavy atom. The molecule has 0 radical (unpaired) electrons. The molecule has 0 saturated heterocycles. The Bertz CT molecular complexity index is 954. The molecule has 0 aliphatic heterocycles. The van der Waals surface area contributed by atoms with Crippen LogP contribution in [0.25, 0.3) is 11.1 Å². The van der Waals surface area contributed by atoms with Crippen molar-refractivity contribution in [1.29, 1.82) is 5.41 Å². The number of hydrogen-bond donors (Lipinski definition) is 1. The Balaban J connectivity index is 1.75. The number of benzene rings is 2. The van der Waals surface area contributed by atoms with Crippen LogP contribution in [0.15, 0.2) is 71.2 Å². The topological polar surface area (TPSA) is 62.5 Å². The molecule has 4 heteroatoms. The first-order valence-electron chi connectivity index (χ1n) is 10.5. The largest absolute Gasteiger partial charge is 0.466 e. The zero-order valence-corrected chi connectivity index (χ0v) is 18.1. The van der Waals surface area contributed by atoms with Gasteiger partial charge in [0, 0.05) is 17.8 Å². The lowest BCUT2D eigenvalue weighted by Crippen LogP contribution is -2.23. The van der Waals surface area contributed by atoms with E-state index >= 15 is 0 Å². The molecule has 1 aliphatic rings. The fourth-order valence-electron chi connectivity index (χ4n) is 3.94. The number of aliphatic imine (C=N–C) groups is 1. The molecule has 30 heavy (non-hydrogen) atoms. The molecule has 4 nitrogen and oxygen atoms in total. The van der Waals surface area contributed by atoms with E-state index in [1.54, 1.807) is 6.92 Å². The summed E-state index contributed by atoms with van der Waals surface area (Å²) >= 11 is 0. The SMILES string of the molecule is CCOC(=O)CC(=N)CC1=CC(=Nc2ccc(-c3ccccc3)cc2)CC(C)(C)C1. The number of ether oxygens (including phenoxy) is 1. The summed E-state index contributed by atoms with van der Waals surface area (Å²) in [5.74, 6) is -0.328. The predicted octanol–water partition coefficient (Wildman–Crippen LogP) is 6.54. The van der Waals surface area contributed by atoms with Crippen LogP contribution in [0.5, 0.6) is 0 Å². The maximum absolute atomic E-state index is 11.7. The van der Waals surface area contributed by atoms with Crippen LogP contribution in [-0.4, -0.2) is 24.0 Å². The third kappa shape index (κ3) is 6.24. The van der Waals surface area contributed by atoms with Gasteiger partial charge in [-0.3, -0.25) is 9.79 Å². The minimum absolute atomic E-state index is 0.0546. The zero-order valence-electron chi connectivity index (χ0n) is 18.1. The van der Waals surface area contributed by atoms with Gasteiger partial charge in [0.25, 0.3) is 0 Å². The van der Waals surface area contributed by atoms with Gasteiger partial charge in [0.1, 0.15) is 0 Å². The summed E-state index contributed by atoms with van der Waals surface area (Å²) in [6.07, 6.45) is 4.45. The van der Waals surface area contributed by atoms with Crippen molar-refractivity contribution in [2.24, 2.45) is 10.4 Å². The maximum Gasteiger partial charge on any atom is 0.311 e. The van der Waals surface area contributed by atoms with Gasteiger partial charge in [-0.15, -0.1) is 0 Å². The lowest BCUT2D eigenvalue weighted by Gasteiger charge is -2.30. The van der Waals surface area contributed by atoms with Crippen molar-refractivity contribution < 1.29 is 9.53 Å². The molecule has 0 fully saturated rings. The molecule has 3 rings (SSSR count). The van der Waals surface area contributed by atoms with Crippen molar-refractivity contribution in [2.45, 2.75) is 46.5 Å². The first-order valence-corrected chi connectivity index (χ1v) is 10.5. The van der Waals surface area contributed by atoms with Crippen molar-refractivity contribution in [2.75, 3.05) is 6.61 Å². The molecule has 2 aromatic carbocycles. The van der Waals surface area contributed by atoms with Gasteiger partial charge in [-0.05, 0) is 54.5 Å². The summed E-state index contributed by atoms with van der Waals surface area (Å²) in [5.41, 5.74) is 5.95. The summed E-state index contributed by atoms with van der Waals surface area (Å²) < 4.78 is 4.96. The molecule has 156 valence electrons. The van der Waals surface area contributed by atoms with Crippen molar-refractivity contribution in [3.05, 3.63) is 66.2 Å². The zero-order chi connectivity index (χ0) is 21.6. The third-order valence-corrected chi connectivity index (χ3v) is 5.09. The van der Waals surface area contributed by atoms with Crippen LogP contribution in [0.1, 0.15) is 46.5 Å². The van der Waals surface area contributed by atoms with Crippen molar-refractivity contribution in [3.8, 4) is 11.1 Å². The van der Waals surface area contributed by atoms with E-state index in [1.807, 2.05) is 30.3 Å². The second-order valence-corrected chi connectivity index (χ2v) is 8.60. The standard InChI is InChI=1S/C26H30N2O2/c1-4-30-25(29)16-22(27)14-19-15-24(18-26(2,3)17-19)28-23-12-10-21(11-13-23)20-8-6-5-7-9-20/h5-13,15,27H,4,14,16-18H2,1-3H3. The minimum Gasteiger partial charge on any atom is -0.466 e. The number of nitrogens with one attached hydrogen (secondary N) is 1. The predicted molar refractivity (Wildman–Crippen MR) is 124 cm³/mol. The number of esters is 1. The van der Waals surface area contributed by atoms with Crippen LogP contribution in [0.4, 0.5) is 5.69 Å². The van der Waals surface area contributed by atoms with Gasteiger partial charge < -0.3 is 10.1 Å². The molecule has 1 N–H and O–H groups in total. The molecule has 0 heterocycles. The van der Waals surface area contributed by atoms with E-state index < -0.39 is 0 Å². The Morgan fingerprint density at radius 3 is 2.37 bits per heavy atom. The maximum atomic E-state index is 11.7. The molecule has 1 aliphatic carbocycles. The molecule has 0 saturated carbocycles. The average Bonchev–Trinajstić information content (AvgIpc) is 2.68. The van der Waals surface area contributed by atoms with Crippen LogP contribution in [0.3, 0.4) is 0 Å². The van der Waals surface area contributed by atoms with E-state index in [0.29, 0.717) is 18.7 Å². The summed E-state index contributed by atoms with van der Waals surface area (Å²) in [4.78, 5) is 16.5. The van der Waals surface area contributed by atoms with Gasteiger partial charge in [0.2, 0.25) is 0 Å². The highest BCUT2D eigenvalue weighted by molar-refractivity contribution is 6.02. The number of carbonyl (C=O) groups excluding carboxylic acids is 1. The van der Waals surface area contributed by atoms with Crippen molar-refractivity contribution in [3.63, 3.8) is 0 Å². The fourth-order valence-corrected chi connectivity index (χ4v) is 3.94. The molecule has 2 aromatic rings. The lowest BCUT2D eigenvalue weighted by molar-refractivity contribution is -0.141. The van der Waals surface area contributed by atoms with Gasteiger partial charge in [-0.2, -0.15) is 0 Å². The van der Waals surface area contributed by atoms with Crippen molar-refractivity contribution in [1.82, 2.24) is 0 Å². The van der Waals surface area contributed by atoms with Gasteiger partial charge in [-0.25, -0.2) is 0 Å². The number of hydrogen-bond acceptors (Lipinski definition) is 4. The van der Waals surface area contributed by atoms with E-state index in [2.05, 4.69) is 44.2 Å². The summed E-state index contributed by atoms with van der Waals surface area (Å²) in [5, 5.41) is 8.17. The summed E-state index contributed by atoms with van der Waals surface area (Å²) in [7, 11) is 0. The van der Waals surface area contributed by atoms with Crippen LogP contribution in [0.2, 0.25) is 0 Å². The Labute approximate surface area is 179 Å². The smallest absolute Gasteiger partial charge is 0.311 e. The molecular weight excluding hydrogens is 372 g/mol. The van der Waals surface area contributed by atoms with Gasteiger partial charge in [0.05, 0.1) is 18.7 Å². The minimum atomic E-state index is -0.328. The monoisotopic (exact) mass is 402 g/mol. The van der Waals surface area contributed by atoms with E-state index in [-0.39, 0.29) is 17.8 Å². The first kappa shape index (κ1) is 21.7. The molecule has 0 bridgehead atoms. The highest BCUT2D eigenvalue weighted by Crippen LogP contribution is 2.36. The lowest BCUT2D eigenvalue weighted by atomic mass is 9.75. The quantitative estimate of drug-likeness (QED) is 0.422. The molecule has 0 atom stereocenters. The van der Waals surface area contributed by atoms with E-state index in [4.69, 9.17) is 15.1 Å². The summed E-state index contributed by atoms with van der Waals surface area (Å²) in [6, 6.07) is 18.6. The van der Waals surface area contributed by atoms with Crippen LogP contribution < -0.4 is 0 Å². The first-order chi connectivity index (χ1) is 14.3. The van der Waals surface area contributed by atoms with E-state index in [9.17, 15) is 4.79 Å². The number of nitrogens with zero attached hydrogens (tertiary/aromatic N) is 1. The van der Waals surface area contributed by atoms with Crippen LogP contribution in [0, 0.1) is 10.8 Å². The second-order valence-electron chi connectivity index (χ2n) is 8.60. The second kappa shape index (κ2) is 9.66. The van der Waals surface area contributed by atoms with E-state index in [0.717, 1.165) is 29.8 Å². The normalized spacial score (nSPS) is 16.8. The van der Waals surface area contributed by atoms with Gasteiger partial charge in [0.15, 0.2) is 0 Å². The third-order valence-electron chi connectivity index (χ3n) is 5.09. The Kier molecular flexibility index (Phi) is 6.99. The number of carbonyl (C=O) groups is 1. The van der Waals surface area contributed by atoms with Crippen LogP contribution in [-0.2, 0) is 9.53 Å².